The molecule has 2 N–H and O–H groups in total. The van der Waals surface area contributed by atoms with Gasteiger partial charge in [-0.2, -0.15) is 11.8 Å². The van der Waals surface area contributed by atoms with Crippen LogP contribution in [0.1, 0.15) is 12.8 Å². The average molecular weight is 326 g/mol. The van der Waals surface area contributed by atoms with Crippen molar-refractivity contribution in [2.24, 2.45) is 5.73 Å². The molecule has 5 heteroatoms. The van der Waals surface area contributed by atoms with Gasteiger partial charge >= 0.3 is 0 Å². The summed E-state index contributed by atoms with van der Waals surface area (Å²) in [4.78, 5) is 5.07. The lowest BCUT2D eigenvalue weighted by Crippen LogP contribution is -2.62. The van der Waals surface area contributed by atoms with Gasteiger partial charge in [-0.3, -0.25) is 4.90 Å². The second-order valence-electron chi connectivity index (χ2n) is 6.04. The van der Waals surface area contributed by atoms with Gasteiger partial charge in [0.05, 0.1) is 0 Å². The SMILES string of the molecule is NCC1(N2CCN(c3cccc(Cl)c3)CC2)CCCSC1. The first-order chi connectivity index (χ1) is 10.2. The van der Waals surface area contributed by atoms with Crippen LogP contribution in [0.5, 0.6) is 0 Å². The lowest BCUT2D eigenvalue weighted by atomic mass is 9.92. The van der Waals surface area contributed by atoms with E-state index in [0.717, 1.165) is 37.7 Å². The molecule has 2 saturated heterocycles. The van der Waals surface area contributed by atoms with Gasteiger partial charge in [-0.05, 0) is 36.8 Å². The predicted octanol–water partition coefficient (Wildman–Crippen LogP) is 2.69. The zero-order valence-corrected chi connectivity index (χ0v) is 14.0. The summed E-state index contributed by atoms with van der Waals surface area (Å²) in [6.07, 6.45) is 2.56. The first-order valence-corrected chi connectivity index (χ1v) is 9.30. The van der Waals surface area contributed by atoms with Crippen LogP contribution in [0.2, 0.25) is 5.02 Å². The van der Waals surface area contributed by atoms with Crippen LogP contribution in [0, 0.1) is 0 Å². The Morgan fingerprint density at radius 2 is 2.05 bits per heavy atom. The van der Waals surface area contributed by atoms with Crippen molar-refractivity contribution in [3.8, 4) is 0 Å². The topological polar surface area (TPSA) is 32.5 Å². The molecule has 116 valence electrons. The van der Waals surface area contributed by atoms with E-state index in [1.165, 1.54) is 30.0 Å². The molecule has 0 amide bonds. The summed E-state index contributed by atoms with van der Waals surface area (Å²) in [5.41, 5.74) is 7.63. The van der Waals surface area contributed by atoms with E-state index in [1.807, 2.05) is 12.1 Å². The number of hydrogen-bond acceptors (Lipinski definition) is 4. The molecule has 2 heterocycles. The Bertz CT molecular complexity index is 468. The quantitative estimate of drug-likeness (QED) is 0.926. The van der Waals surface area contributed by atoms with E-state index in [0.29, 0.717) is 0 Å². The van der Waals surface area contributed by atoms with Crippen molar-refractivity contribution in [2.45, 2.75) is 18.4 Å². The number of nitrogens with two attached hydrogens (primary N) is 1. The monoisotopic (exact) mass is 325 g/mol. The van der Waals surface area contributed by atoms with Gasteiger partial charge in [0.2, 0.25) is 0 Å². The largest absolute Gasteiger partial charge is 0.369 e. The minimum absolute atomic E-state index is 0.239. The van der Waals surface area contributed by atoms with Gasteiger partial charge < -0.3 is 10.6 Å². The maximum absolute atomic E-state index is 6.15. The summed E-state index contributed by atoms with van der Waals surface area (Å²) in [6, 6.07) is 8.18. The number of piperazine rings is 1. The highest BCUT2D eigenvalue weighted by Gasteiger charge is 2.38. The highest BCUT2D eigenvalue weighted by Crippen LogP contribution is 2.32. The number of nitrogens with zero attached hydrogens (tertiary/aromatic N) is 2. The fourth-order valence-electron chi connectivity index (χ4n) is 3.49. The molecule has 1 aromatic rings. The van der Waals surface area contributed by atoms with Crippen LogP contribution in [0.3, 0.4) is 0 Å². The van der Waals surface area contributed by atoms with Crippen LogP contribution in [0.4, 0.5) is 5.69 Å². The van der Waals surface area contributed by atoms with Crippen molar-refractivity contribution in [3.63, 3.8) is 0 Å². The molecule has 0 radical (unpaired) electrons. The molecule has 2 aliphatic rings. The predicted molar refractivity (Wildman–Crippen MR) is 93.6 cm³/mol. The van der Waals surface area contributed by atoms with Crippen molar-refractivity contribution in [1.82, 2.24) is 4.90 Å². The van der Waals surface area contributed by atoms with E-state index in [1.54, 1.807) is 0 Å². The van der Waals surface area contributed by atoms with Crippen LogP contribution in [-0.2, 0) is 0 Å². The third kappa shape index (κ3) is 3.34. The molecule has 1 atom stereocenters. The Labute approximate surface area is 136 Å². The molecular weight excluding hydrogens is 302 g/mol. The fraction of sp³-hybridized carbons (Fsp3) is 0.625. The lowest BCUT2D eigenvalue weighted by Gasteiger charge is -2.49. The molecule has 0 aliphatic carbocycles. The van der Waals surface area contributed by atoms with Gasteiger partial charge in [0, 0.05) is 54.7 Å². The maximum Gasteiger partial charge on any atom is 0.0426 e. The Hall–Kier alpha value is -0.420. The first-order valence-electron chi connectivity index (χ1n) is 7.77. The normalized spacial score (nSPS) is 27.8. The van der Waals surface area contributed by atoms with Crippen molar-refractivity contribution in [2.75, 3.05) is 49.1 Å². The van der Waals surface area contributed by atoms with E-state index < -0.39 is 0 Å². The number of rotatable bonds is 3. The van der Waals surface area contributed by atoms with Crippen LogP contribution >= 0.6 is 23.4 Å². The van der Waals surface area contributed by atoms with Gasteiger partial charge in [-0.15, -0.1) is 0 Å². The summed E-state index contributed by atoms with van der Waals surface area (Å²) in [5, 5.41) is 0.817. The third-order valence-electron chi connectivity index (χ3n) is 4.81. The maximum atomic E-state index is 6.15. The highest BCUT2D eigenvalue weighted by molar-refractivity contribution is 7.99. The summed E-state index contributed by atoms with van der Waals surface area (Å²) in [7, 11) is 0. The second kappa shape index (κ2) is 6.78. The smallest absolute Gasteiger partial charge is 0.0426 e. The standard InChI is InChI=1S/C16H24ClN3S/c17-14-3-1-4-15(11-14)19-6-8-20(9-7-19)16(12-18)5-2-10-21-13-16/h1,3-4,11H,2,5-10,12-13,18H2. The van der Waals surface area contributed by atoms with Crippen LogP contribution in [0.15, 0.2) is 24.3 Å². The molecule has 0 aromatic heterocycles. The van der Waals surface area contributed by atoms with Crippen LogP contribution < -0.4 is 10.6 Å². The molecule has 1 aromatic carbocycles. The molecule has 1 unspecified atom stereocenters. The van der Waals surface area contributed by atoms with E-state index in [4.69, 9.17) is 17.3 Å². The molecule has 0 saturated carbocycles. The van der Waals surface area contributed by atoms with Gasteiger partial charge in [-0.1, -0.05) is 17.7 Å². The number of thioether (sulfide) groups is 1. The molecular formula is C16H24ClN3S. The van der Waals surface area contributed by atoms with E-state index in [2.05, 4.69) is 33.7 Å². The Balaban J connectivity index is 1.64. The number of hydrogen-bond donors (Lipinski definition) is 1. The molecule has 21 heavy (non-hydrogen) atoms. The zero-order valence-electron chi connectivity index (χ0n) is 12.4. The average Bonchev–Trinajstić information content (AvgIpc) is 2.56. The zero-order chi connectivity index (χ0) is 14.7. The van der Waals surface area contributed by atoms with Crippen molar-refractivity contribution in [1.29, 1.82) is 0 Å². The molecule has 0 bridgehead atoms. The highest BCUT2D eigenvalue weighted by atomic mass is 35.5. The van der Waals surface area contributed by atoms with Crippen LogP contribution in [-0.4, -0.2) is 54.7 Å². The lowest BCUT2D eigenvalue weighted by molar-refractivity contribution is 0.0954. The molecule has 2 aliphatic heterocycles. The molecule has 2 fully saturated rings. The Morgan fingerprint density at radius 3 is 2.67 bits per heavy atom. The first kappa shape index (κ1) is 15.5. The van der Waals surface area contributed by atoms with Crippen molar-refractivity contribution >= 4 is 29.1 Å². The summed E-state index contributed by atoms with van der Waals surface area (Å²) in [5.74, 6) is 2.49. The van der Waals surface area contributed by atoms with Crippen molar-refractivity contribution in [3.05, 3.63) is 29.3 Å². The third-order valence-corrected chi connectivity index (χ3v) is 6.36. The second-order valence-corrected chi connectivity index (χ2v) is 7.58. The van der Waals surface area contributed by atoms with Gasteiger partial charge in [0.1, 0.15) is 0 Å². The number of anilines is 1. The Morgan fingerprint density at radius 1 is 1.24 bits per heavy atom. The minimum Gasteiger partial charge on any atom is -0.369 e. The number of benzene rings is 1. The van der Waals surface area contributed by atoms with Crippen LogP contribution in [0.25, 0.3) is 0 Å². The molecule has 3 rings (SSSR count). The van der Waals surface area contributed by atoms with Crippen molar-refractivity contribution < 1.29 is 0 Å². The van der Waals surface area contributed by atoms with Gasteiger partial charge in [0.25, 0.3) is 0 Å². The van der Waals surface area contributed by atoms with Gasteiger partial charge in [0.15, 0.2) is 0 Å². The molecule has 3 nitrogen and oxygen atoms in total. The Kier molecular flexibility index (Phi) is 4.99. The number of halogens is 1. The summed E-state index contributed by atoms with van der Waals surface area (Å²) < 4.78 is 0. The van der Waals surface area contributed by atoms with E-state index in [-0.39, 0.29) is 5.54 Å². The summed E-state index contributed by atoms with van der Waals surface area (Å²) in [6.45, 7) is 5.12. The molecule has 0 spiro atoms. The fourth-order valence-corrected chi connectivity index (χ4v) is 4.99. The van der Waals surface area contributed by atoms with Gasteiger partial charge in [-0.25, -0.2) is 0 Å². The van der Waals surface area contributed by atoms with E-state index in [9.17, 15) is 0 Å². The minimum atomic E-state index is 0.239. The summed E-state index contributed by atoms with van der Waals surface area (Å²) >= 11 is 8.17. The van der Waals surface area contributed by atoms with E-state index >= 15 is 0 Å².